The highest BCUT2D eigenvalue weighted by Crippen LogP contribution is 2.23. The molecule has 0 bridgehead atoms. The van der Waals surface area contributed by atoms with Crippen molar-refractivity contribution in [1.29, 1.82) is 5.26 Å². The minimum atomic E-state index is -0.294. The summed E-state index contributed by atoms with van der Waals surface area (Å²) in [6, 6.07) is 7.56. The van der Waals surface area contributed by atoms with Gasteiger partial charge in [0.1, 0.15) is 6.10 Å². The van der Waals surface area contributed by atoms with Gasteiger partial charge in [-0.1, -0.05) is 11.6 Å². The fraction of sp³-hybridized carbons (Fsp3) is 0.571. The molecule has 0 N–H and O–H groups in total. The number of hydrogen-bond donors (Lipinski definition) is 0. The van der Waals surface area contributed by atoms with E-state index in [0.717, 1.165) is 24.1 Å². The zero-order valence-corrected chi connectivity index (χ0v) is 17.5. The van der Waals surface area contributed by atoms with Gasteiger partial charge in [-0.05, 0) is 43.5 Å². The first kappa shape index (κ1) is 21.6. The first-order chi connectivity index (χ1) is 14.0. The molecule has 1 unspecified atom stereocenters. The molecule has 2 fully saturated rings. The van der Waals surface area contributed by atoms with E-state index < -0.39 is 0 Å². The van der Waals surface area contributed by atoms with Gasteiger partial charge in [-0.2, -0.15) is 5.26 Å². The largest absolute Gasteiger partial charge is 0.368 e. The van der Waals surface area contributed by atoms with E-state index in [1.807, 2.05) is 24.0 Å². The molecule has 1 atom stereocenters. The molecule has 0 saturated carbocycles. The molecule has 2 aliphatic heterocycles. The monoisotopic (exact) mass is 418 g/mol. The second-order valence-electron chi connectivity index (χ2n) is 7.49. The highest BCUT2D eigenvalue weighted by atomic mass is 35.5. The summed E-state index contributed by atoms with van der Waals surface area (Å²) in [6.45, 7) is 5.65. The van der Waals surface area contributed by atoms with Gasteiger partial charge >= 0.3 is 0 Å². The molecule has 0 aliphatic carbocycles. The van der Waals surface area contributed by atoms with Crippen molar-refractivity contribution in [3.63, 3.8) is 0 Å². The Balaban J connectivity index is 1.57. The Kier molecular flexibility index (Phi) is 7.48. The van der Waals surface area contributed by atoms with Crippen LogP contribution in [0.15, 0.2) is 18.2 Å². The Morgan fingerprint density at radius 3 is 2.69 bits per heavy atom. The highest BCUT2D eigenvalue weighted by Gasteiger charge is 2.31. The van der Waals surface area contributed by atoms with Crippen LogP contribution in [0.5, 0.6) is 0 Å². The highest BCUT2D eigenvalue weighted by molar-refractivity contribution is 6.31. The molecule has 1 aromatic rings. The van der Waals surface area contributed by atoms with E-state index in [1.54, 1.807) is 11.0 Å². The molecule has 2 aliphatic rings. The van der Waals surface area contributed by atoms with Crippen LogP contribution in [0, 0.1) is 18.3 Å². The molecular weight excluding hydrogens is 392 g/mol. The SMILES string of the molecule is Cc1cc(N(CCC#N)C(=O)CN2CCN(C(=O)C3CCCO3)CC2)ccc1Cl. The van der Waals surface area contributed by atoms with Crippen LogP contribution in [0.2, 0.25) is 5.02 Å². The predicted molar refractivity (Wildman–Crippen MR) is 111 cm³/mol. The first-order valence-corrected chi connectivity index (χ1v) is 10.4. The van der Waals surface area contributed by atoms with Crippen LogP contribution in [0.4, 0.5) is 5.69 Å². The maximum atomic E-state index is 13.0. The van der Waals surface area contributed by atoms with E-state index in [2.05, 4.69) is 11.0 Å². The molecular formula is C21H27ClN4O3. The van der Waals surface area contributed by atoms with E-state index in [9.17, 15) is 9.59 Å². The zero-order valence-electron chi connectivity index (χ0n) is 16.8. The molecule has 0 radical (unpaired) electrons. The number of aryl methyl sites for hydroxylation is 1. The van der Waals surface area contributed by atoms with Crippen molar-refractivity contribution >= 4 is 29.1 Å². The topological polar surface area (TPSA) is 76.9 Å². The maximum Gasteiger partial charge on any atom is 0.251 e. The molecule has 2 saturated heterocycles. The number of rotatable bonds is 6. The van der Waals surface area contributed by atoms with Crippen molar-refractivity contribution in [2.75, 3.05) is 50.8 Å². The predicted octanol–water partition coefficient (Wildman–Crippen LogP) is 2.22. The smallest absolute Gasteiger partial charge is 0.251 e. The van der Waals surface area contributed by atoms with Gasteiger partial charge in [-0.15, -0.1) is 0 Å². The van der Waals surface area contributed by atoms with Crippen LogP contribution in [0.1, 0.15) is 24.8 Å². The standard InChI is InChI=1S/C21H27ClN4O3/c1-16-14-17(5-6-18(16)22)26(8-3-7-23)20(27)15-24-9-11-25(12-10-24)21(28)19-4-2-13-29-19/h5-6,14,19H,2-4,8-13,15H2,1H3. The van der Waals surface area contributed by atoms with Crippen LogP contribution in [0.25, 0.3) is 0 Å². The third-order valence-corrected chi connectivity index (χ3v) is 5.87. The zero-order chi connectivity index (χ0) is 20.8. The number of nitriles is 1. The molecule has 0 spiro atoms. The number of benzene rings is 1. The van der Waals surface area contributed by atoms with Gasteiger partial charge in [0, 0.05) is 50.0 Å². The van der Waals surface area contributed by atoms with E-state index in [4.69, 9.17) is 21.6 Å². The van der Waals surface area contributed by atoms with Crippen LogP contribution in [0.3, 0.4) is 0 Å². The number of carbonyl (C=O) groups is 2. The summed E-state index contributed by atoms with van der Waals surface area (Å²) in [4.78, 5) is 31.0. The maximum absolute atomic E-state index is 13.0. The molecule has 2 heterocycles. The minimum absolute atomic E-state index is 0.0547. The van der Waals surface area contributed by atoms with Gasteiger partial charge in [-0.3, -0.25) is 14.5 Å². The summed E-state index contributed by atoms with van der Waals surface area (Å²) in [5, 5.41) is 9.61. The molecule has 0 aromatic heterocycles. The van der Waals surface area contributed by atoms with Gasteiger partial charge < -0.3 is 14.5 Å². The number of nitrogens with zero attached hydrogens (tertiary/aromatic N) is 4. The fourth-order valence-electron chi connectivity index (χ4n) is 3.74. The van der Waals surface area contributed by atoms with Gasteiger partial charge in [0.05, 0.1) is 19.0 Å². The van der Waals surface area contributed by atoms with Crippen molar-refractivity contribution in [1.82, 2.24) is 9.80 Å². The Hall–Kier alpha value is -2.14. The molecule has 156 valence electrons. The second kappa shape index (κ2) is 10.1. The molecule has 1 aromatic carbocycles. The third kappa shape index (κ3) is 5.47. The molecule has 8 heteroatoms. The first-order valence-electron chi connectivity index (χ1n) is 10.1. The number of halogens is 1. The Labute approximate surface area is 176 Å². The normalized spacial score (nSPS) is 19.8. The molecule has 3 rings (SSSR count). The fourth-order valence-corrected chi connectivity index (χ4v) is 3.85. The number of piperazine rings is 1. The number of carbonyl (C=O) groups excluding carboxylic acids is 2. The Morgan fingerprint density at radius 1 is 1.31 bits per heavy atom. The number of hydrogen-bond acceptors (Lipinski definition) is 5. The average molecular weight is 419 g/mol. The van der Waals surface area contributed by atoms with Gasteiger partial charge in [-0.25, -0.2) is 0 Å². The average Bonchev–Trinajstić information content (AvgIpc) is 3.26. The lowest BCUT2D eigenvalue weighted by molar-refractivity contribution is -0.142. The van der Waals surface area contributed by atoms with E-state index in [1.165, 1.54) is 0 Å². The summed E-state index contributed by atoms with van der Waals surface area (Å²) >= 11 is 6.11. The minimum Gasteiger partial charge on any atom is -0.368 e. The van der Waals surface area contributed by atoms with Gasteiger partial charge in [0.2, 0.25) is 5.91 Å². The summed E-state index contributed by atoms with van der Waals surface area (Å²) in [5.41, 5.74) is 1.64. The summed E-state index contributed by atoms with van der Waals surface area (Å²) in [5.74, 6) is 0.0154. The van der Waals surface area contributed by atoms with Crippen LogP contribution >= 0.6 is 11.6 Å². The summed E-state index contributed by atoms with van der Waals surface area (Å²) in [6.07, 6.45) is 1.70. The lowest BCUT2D eigenvalue weighted by Crippen LogP contribution is -2.53. The van der Waals surface area contributed by atoms with E-state index >= 15 is 0 Å². The molecule has 7 nitrogen and oxygen atoms in total. The second-order valence-corrected chi connectivity index (χ2v) is 7.90. The van der Waals surface area contributed by atoms with Crippen LogP contribution in [-0.2, 0) is 14.3 Å². The summed E-state index contributed by atoms with van der Waals surface area (Å²) < 4.78 is 5.49. The Morgan fingerprint density at radius 2 is 2.07 bits per heavy atom. The number of ether oxygens (including phenoxy) is 1. The molecule has 2 amide bonds. The quantitative estimate of drug-likeness (QED) is 0.707. The van der Waals surface area contributed by atoms with Crippen molar-refractivity contribution in [2.45, 2.75) is 32.3 Å². The van der Waals surface area contributed by atoms with E-state index in [0.29, 0.717) is 44.4 Å². The van der Waals surface area contributed by atoms with Crippen molar-refractivity contribution in [2.24, 2.45) is 0 Å². The van der Waals surface area contributed by atoms with E-state index in [-0.39, 0.29) is 30.9 Å². The van der Waals surface area contributed by atoms with Crippen LogP contribution < -0.4 is 4.90 Å². The Bertz CT molecular complexity index is 781. The third-order valence-electron chi connectivity index (χ3n) is 5.45. The van der Waals surface area contributed by atoms with Crippen molar-refractivity contribution < 1.29 is 14.3 Å². The van der Waals surface area contributed by atoms with Gasteiger partial charge in [0.15, 0.2) is 0 Å². The van der Waals surface area contributed by atoms with Crippen molar-refractivity contribution in [3.8, 4) is 6.07 Å². The number of anilines is 1. The lowest BCUT2D eigenvalue weighted by Gasteiger charge is -2.36. The molecule has 29 heavy (non-hydrogen) atoms. The van der Waals surface area contributed by atoms with Crippen molar-refractivity contribution in [3.05, 3.63) is 28.8 Å². The summed E-state index contributed by atoms with van der Waals surface area (Å²) in [7, 11) is 0. The van der Waals surface area contributed by atoms with Crippen LogP contribution in [-0.4, -0.2) is 73.6 Å². The lowest BCUT2D eigenvalue weighted by atomic mass is 10.2. The number of amides is 2. The van der Waals surface area contributed by atoms with Gasteiger partial charge in [0.25, 0.3) is 5.91 Å².